The van der Waals surface area contributed by atoms with Crippen LogP contribution in [0.5, 0.6) is 0 Å². The van der Waals surface area contributed by atoms with Crippen LogP contribution in [0.15, 0.2) is 121 Å². The van der Waals surface area contributed by atoms with Gasteiger partial charge in [-0.3, -0.25) is 0 Å². The molecule has 0 bridgehead atoms. The zero-order valence-electron chi connectivity index (χ0n) is 20.6. The van der Waals surface area contributed by atoms with Crippen molar-refractivity contribution in [3.05, 3.63) is 121 Å². The van der Waals surface area contributed by atoms with E-state index in [2.05, 4.69) is 131 Å². The molecule has 2 heteroatoms. The second kappa shape index (κ2) is 7.49. The summed E-state index contributed by atoms with van der Waals surface area (Å²) in [6, 6.07) is 45.0. The van der Waals surface area contributed by atoms with Crippen molar-refractivity contribution >= 4 is 22.7 Å². The minimum atomic E-state index is 0.104. The van der Waals surface area contributed by atoms with Gasteiger partial charge >= 0.3 is 0 Å². The average molecular weight is 469 g/mol. The smallest absolute Gasteiger partial charge is 0.0754 e. The van der Waals surface area contributed by atoms with Crippen molar-refractivity contribution in [2.75, 3.05) is 9.80 Å². The highest BCUT2D eigenvalue weighted by Crippen LogP contribution is 2.86. The second-order valence-corrected chi connectivity index (χ2v) is 11.2. The van der Waals surface area contributed by atoms with Crippen molar-refractivity contribution in [3.8, 4) is 0 Å². The average Bonchev–Trinajstić information content (AvgIpc) is 3.25. The largest absolute Gasteiger partial charge is 0.332 e. The van der Waals surface area contributed by atoms with Crippen LogP contribution in [0.4, 0.5) is 22.7 Å². The Hall–Kier alpha value is -3.52. The Morgan fingerprint density at radius 3 is 0.806 bits per heavy atom. The van der Waals surface area contributed by atoms with E-state index in [1.165, 1.54) is 48.4 Å². The maximum absolute atomic E-state index is 2.80. The highest BCUT2D eigenvalue weighted by atomic mass is 15.4. The molecule has 4 aliphatic carbocycles. The SMILES string of the molecule is c1ccc(N(c2ccccc2)C23C4CCC2C2CCC4C23N(c2ccccc2)c2ccccc2)cc1. The summed E-state index contributed by atoms with van der Waals surface area (Å²) in [4.78, 5) is 5.60. The van der Waals surface area contributed by atoms with Crippen molar-refractivity contribution < 1.29 is 0 Å². The molecular formula is C34H32N2. The molecule has 4 aliphatic rings. The van der Waals surface area contributed by atoms with Crippen LogP contribution in [0.25, 0.3) is 0 Å². The molecule has 4 unspecified atom stereocenters. The molecule has 0 saturated heterocycles. The van der Waals surface area contributed by atoms with E-state index >= 15 is 0 Å². The maximum Gasteiger partial charge on any atom is 0.0754 e. The van der Waals surface area contributed by atoms with E-state index in [1.54, 1.807) is 0 Å². The van der Waals surface area contributed by atoms with Crippen molar-refractivity contribution in [1.82, 2.24) is 0 Å². The van der Waals surface area contributed by atoms with Gasteiger partial charge in [-0.1, -0.05) is 72.8 Å². The second-order valence-electron chi connectivity index (χ2n) is 11.2. The van der Waals surface area contributed by atoms with Gasteiger partial charge in [0, 0.05) is 22.7 Å². The minimum Gasteiger partial charge on any atom is -0.332 e. The molecule has 2 nitrogen and oxygen atoms in total. The van der Waals surface area contributed by atoms with Crippen LogP contribution in [0.3, 0.4) is 0 Å². The number of nitrogens with zero attached hydrogens (tertiary/aromatic N) is 2. The van der Waals surface area contributed by atoms with Gasteiger partial charge in [0.25, 0.3) is 0 Å². The van der Waals surface area contributed by atoms with Gasteiger partial charge < -0.3 is 9.80 Å². The monoisotopic (exact) mass is 468 g/mol. The van der Waals surface area contributed by atoms with Crippen LogP contribution < -0.4 is 9.80 Å². The molecule has 0 aliphatic heterocycles. The third kappa shape index (κ3) is 2.29. The lowest BCUT2D eigenvalue weighted by molar-refractivity contribution is -0.171. The molecule has 0 heterocycles. The Morgan fingerprint density at radius 1 is 0.361 bits per heavy atom. The molecule has 0 spiro atoms. The first-order chi connectivity index (χ1) is 17.9. The summed E-state index contributed by atoms with van der Waals surface area (Å²) in [5.74, 6) is 2.93. The highest BCUT2D eigenvalue weighted by Gasteiger charge is 2.92. The summed E-state index contributed by atoms with van der Waals surface area (Å²) in [7, 11) is 0. The van der Waals surface area contributed by atoms with Crippen LogP contribution >= 0.6 is 0 Å². The summed E-state index contributed by atoms with van der Waals surface area (Å²) < 4.78 is 0. The summed E-state index contributed by atoms with van der Waals surface area (Å²) in [6.07, 6.45) is 5.45. The molecule has 0 aromatic heterocycles. The van der Waals surface area contributed by atoms with Gasteiger partial charge in [0.15, 0.2) is 0 Å². The van der Waals surface area contributed by atoms with E-state index in [4.69, 9.17) is 0 Å². The molecule has 36 heavy (non-hydrogen) atoms. The lowest BCUT2D eigenvalue weighted by Crippen LogP contribution is -2.94. The fourth-order valence-corrected chi connectivity index (χ4v) is 9.66. The standard InChI is InChI=1S/C34H32N2/c1-5-13-25(14-6-1)35(26-15-7-2-8-16-26)33-29-21-22-30(33)32-24-23-31(29)34(32,33)36(27-17-9-3-10-18-27)28-19-11-4-12-20-28/h1-20,29-32H,21-24H2. The molecule has 178 valence electrons. The third-order valence-corrected chi connectivity index (χ3v) is 10.2. The Labute approximate surface area is 214 Å². The number of hydrogen-bond donors (Lipinski definition) is 0. The van der Waals surface area contributed by atoms with Gasteiger partial charge in [0.2, 0.25) is 0 Å². The number of benzene rings is 4. The highest BCUT2D eigenvalue weighted by molar-refractivity contribution is 5.78. The van der Waals surface area contributed by atoms with Gasteiger partial charge in [-0.25, -0.2) is 0 Å². The van der Waals surface area contributed by atoms with Gasteiger partial charge in [-0.2, -0.15) is 0 Å². The molecule has 4 aromatic rings. The zero-order chi connectivity index (χ0) is 23.7. The fraction of sp³-hybridized carbons (Fsp3) is 0.294. The van der Waals surface area contributed by atoms with Gasteiger partial charge in [0.05, 0.1) is 11.1 Å². The zero-order valence-corrected chi connectivity index (χ0v) is 20.6. The van der Waals surface area contributed by atoms with Crippen LogP contribution in [0, 0.1) is 23.7 Å². The van der Waals surface area contributed by atoms with E-state index in [9.17, 15) is 0 Å². The van der Waals surface area contributed by atoms with Crippen molar-refractivity contribution in [2.24, 2.45) is 23.7 Å². The van der Waals surface area contributed by atoms with Gasteiger partial charge in [0.1, 0.15) is 0 Å². The van der Waals surface area contributed by atoms with Crippen molar-refractivity contribution in [2.45, 2.75) is 36.8 Å². The quantitative estimate of drug-likeness (QED) is 0.281. The number of anilines is 4. The molecular weight excluding hydrogens is 436 g/mol. The molecule has 4 aromatic carbocycles. The summed E-state index contributed by atoms with van der Waals surface area (Å²) in [5, 5.41) is 0. The Bertz CT molecular complexity index is 1160. The van der Waals surface area contributed by atoms with Gasteiger partial charge in [-0.05, 0) is 97.9 Å². The van der Waals surface area contributed by atoms with Crippen LogP contribution in [0.1, 0.15) is 25.7 Å². The molecule has 4 fully saturated rings. The lowest BCUT2D eigenvalue weighted by atomic mass is 9.33. The van der Waals surface area contributed by atoms with E-state index < -0.39 is 0 Å². The predicted octanol–water partition coefficient (Wildman–Crippen LogP) is 8.22. The van der Waals surface area contributed by atoms with E-state index in [0.717, 1.165) is 23.7 Å². The van der Waals surface area contributed by atoms with E-state index in [1.807, 2.05) is 0 Å². The first-order valence-electron chi connectivity index (χ1n) is 13.7. The van der Waals surface area contributed by atoms with Gasteiger partial charge in [-0.15, -0.1) is 0 Å². The van der Waals surface area contributed by atoms with Crippen LogP contribution in [-0.4, -0.2) is 11.1 Å². The Kier molecular flexibility index (Phi) is 4.30. The molecule has 4 atom stereocenters. The van der Waals surface area contributed by atoms with Crippen LogP contribution in [-0.2, 0) is 0 Å². The normalized spacial score (nSPS) is 32.8. The molecule has 4 saturated carbocycles. The number of para-hydroxylation sites is 4. The summed E-state index contributed by atoms with van der Waals surface area (Å²) >= 11 is 0. The number of rotatable bonds is 6. The topological polar surface area (TPSA) is 6.48 Å². The van der Waals surface area contributed by atoms with Crippen LogP contribution in [0.2, 0.25) is 0 Å². The van der Waals surface area contributed by atoms with E-state index in [0.29, 0.717) is 0 Å². The number of fused-ring (bicyclic) bond motifs is 2. The summed E-state index contributed by atoms with van der Waals surface area (Å²) in [6.45, 7) is 0. The molecule has 0 N–H and O–H groups in total. The van der Waals surface area contributed by atoms with Crippen molar-refractivity contribution in [1.29, 1.82) is 0 Å². The number of hydrogen-bond acceptors (Lipinski definition) is 2. The third-order valence-electron chi connectivity index (χ3n) is 10.2. The molecule has 0 radical (unpaired) electrons. The molecule has 8 rings (SSSR count). The maximum atomic E-state index is 2.80. The predicted molar refractivity (Wildman–Crippen MR) is 148 cm³/mol. The summed E-state index contributed by atoms with van der Waals surface area (Å²) in [5.41, 5.74) is 5.56. The Morgan fingerprint density at radius 2 is 0.583 bits per heavy atom. The fourth-order valence-electron chi connectivity index (χ4n) is 9.66. The minimum absolute atomic E-state index is 0.104. The lowest BCUT2D eigenvalue weighted by Gasteiger charge is -2.82. The van der Waals surface area contributed by atoms with Crippen molar-refractivity contribution in [3.63, 3.8) is 0 Å². The molecule has 0 amide bonds. The Balaban J connectivity index is 1.41. The van der Waals surface area contributed by atoms with E-state index in [-0.39, 0.29) is 11.1 Å². The first-order valence-corrected chi connectivity index (χ1v) is 13.7. The first kappa shape index (κ1) is 20.7.